The monoisotopic (exact) mass is 366 g/mol. The molecule has 27 heavy (non-hydrogen) atoms. The summed E-state index contributed by atoms with van der Waals surface area (Å²) in [5, 5.41) is 0. The number of rotatable bonds is 7. The molecule has 3 rings (SSSR count). The van der Waals surface area contributed by atoms with Gasteiger partial charge in [0.15, 0.2) is 17.5 Å². The summed E-state index contributed by atoms with van der Waals surface area (Å²) in [6, 6.07) is 10.7. The minimum Gasteiger partial charge on any atom is -0.236 e. The fourth-order valence-corrected chi connectivity index (χ4v) is 3.09. The molecule has 0 spiro atoms. The van der Waals surface area contributed by atoms with Crippen molar-refractivity contribution in [1.82, 2.24) is 9.97 Å². The van der Waals surface area contributed by atoms with E-state index in [1.54, 1.807) is 24.5 Å². The van der Waals surface area contributed by atoms with E-state index in [9.17, 15) is 8.78 Å². The van der Waals surface area contributed by atoms with E-state index in [0.29, 0.717) is 5.56 Å². The molecule has 0 amide bonds. The number of benzene rings is 2. The molecule has 2 aromatic carbocycles. The van der Waals surface area contributed by atoms with Crippen molar-refractivity contribution in [2.24, 2.45) is 0 Å². The molecule has 0 aliphatic heterocycles. The summed E-state index contributed by atoms with van der Waals surface area (Å²) in [4.78, 5) is 8.44. The molecule has 0 aliphatic carbocycles. The summed E-state index contributed by atoms with van der Waals surface area (Å²) in [6.07, 6.45) is 8.43. The number of unbranched alkanes of at least 4 members (excludes halogenated alkanes) is 1. The van der Waals surface area contributed by atoms with E-state index in [1.807, 2.05) is 24.3 Å². The summed E-state index contributed by atoms with van der Waals surface area (Å²) in [5.74, 6) is -1.57. The maximum absolute atomic E-state index is 14.7. The lowest BCUT2D eigenvalue weighted by molar-refractivity contribution is 0.513. The van der Waals surface area contributed by atoms with Crippen molar-refractivity contribution >= 4 is 0 Å². The van der Waals surface area contributed by atoms with Gasteiger partial charge in [0.05, 0.1) is 5.56 Å². The van der Waals surface area contributed by atoms with Gasteiger partial charge in [0.2, 0.25) is 0 Å². The third kappa shape index (κ3) is 4.38. The molecule has 0 aliphatic rings. The molecule has 0 fully saturated rings. The number of aryl methyl sites for hydroxylation is 2. The van der Waals surface area contributed by atoms with Crippen molar-refractivity contribution < 1.29 is 8.78 Å². The Hall–Kier alpha value is -2.62. The van der Waals surface area contributed by atoms with Crippen LogP contribution in [0, 0.1) is 11.6 Å². The zero-order valence-corrected chi connectivity index (χ0v) is 15.8. The molecule has 0 atom stereocenters. The normalized spacial score (nSPS) is 11.0. The minimum atomic E-state index is -0.911. The van der Waals surface area contributed by atoms with E-state index < -0.39 is 11.6 Å². The lowest BCUT2D eigenvalue weighted by atomic mass is 10.00. The van der Waals surface area contributed by atoms with Gasteiger partial charge in [-0.05, 0) is 42.0 Å². The molecule has 0 N–H and O–H groups in total. The fourth-order valence-electron chi connectivity index (χ4n) is 3.09. The van der Waals surface area contributed by atoms with Gasteiger partial charge in [-0.3, -0.25) is 0 Å². The quantitative estimate of drug-likeness (QED) is 0.484. The highest BCUT2D eigenvalue weighted by molar-refractivity contribution is 5.69. The van der Waals surface area contributed by atoms with E-state index in [4.69, 9.17) is 0 Å². The lowest BCUT2D eigenvalue weighted by Crippen LogP contribution is -1.98. The first-order chi connectivity index (χ1) is 13.1. The maximum Gasteiger partial charge on any atom is 0.170 e. The number of aromatic nitrogens is 2. The molecule has 0 saturated heterocycles. The zero-order valence-electron chi connectivity index (χ0n) is 15.8. The van der Waals surface area contributed by atoms with Crippen molar-refractivity contribution in [3.63, 3.8) is 0 Å². The molecule has 1 heterocycles. The summed E-state index contributed by atoms with van der Waals surface area (Å²) in [6.45, 7) is 4.23. The Bertz CT molecular complexity index is 888. The second kappa shape index (κ2) is 8.85. The number of hydrogen-bond donors (Lipinski definition) is 0. The number of halogens is 2. The van der Waals surface area contributed by atoms with Crippen LogP contribution in [0.4, 0.5) is 8.78 Å². The Morgan fingerprint density at radius 3 is 1.96 bits per heavy atom. The van der Waals surface area contributed by atoms with Crippen LogP contribution in [0.2, 0.25) is 0 Å². The molecule has 0 bridgehead atoms. The first-order valence-corrected chi connectivity index (χ1v) is 9.52. The lowest BCUT2D eigenvalue weighted by Gasteiger charge is -2.09. The van der Waals surface area contributed by atoms with E-state index in [2.05, 4.69) is 23.8 Å². The molecule has 3 aromatic rings. The Kier molecular flexibility index (Phi) is 6.28. The van der Waals surface area contributed by atoms with Gasteiger partial charge in [-0.1, -0.05) is 57.0 Å². The molecule has 0 saturated carbocycles. The Labute approximate surface area is 159 Å². The van der Waals surface area contributed by atoms with Gasteiger partial charge < -0.3 is 0 Å². The van der Waals surface area contributed by atoms with Crippen LogP contribution < -0.4 is 0 Å². The van der Waals surface area contributed by atoms with Gasteiger partial charge >= 0.3 is 0 Å². The summed E-state index contributed by atoms with van der Waals surface area (Å²) >= 11 is 0. The van der Waals surface area contributed by atoms with E-state index in [-0.39, 0.29) is 17.0 Å². The van der Waals surface area contributed by atoms with Crippen molar-refractivity contribution in [2.45, 2.75) is 46.0 Å². The van der Waals surface area contributed by atoms with Gasteiger partial charge in [-0.25, -0.2) is 18.7 Å². The predicted molar refractivity (Wildman–Crippen MR) is 105 cm³/mol. The standard InChI is InChI=1S/C23H24F2N2/c1-3-5-7-17-14-26-23(27-15-17)20-13-12-19(21(24)22(20)25)18-10-8-16(6-4-2)9-11-18/h8-15H,3-7H2,1-2H3. The molecule has 0 unspecified atom stereocenters. The molecule has 2 nitrogen and oxygen atoms in total. The average molecular weight is 366 g/mol. The van der Waals surface area contributed by atoms with Gasteiger partial charge in [0, 0.05) is 18.0 Å². The van der Waals surface area contributed by atoms with Gasteiger partial charge in [0.1, 0.15) is 0 Å². The maximum atomic E-state index is 14.7. The largest absolute Gasteiger partial charge is 0.236 e. The molecular formula is C23H24F2N2. The molecule has 140 valence electrons. The van der Waals surface area contributed by atoms with Crippen LogP contribution in [0.1, 0.15) is 44.2 Å². The molecule has 4 heteroatoms. The van der Waals surface area contributed by atoms with E-state index in [1.165, 1.54) is 5.56 Å². The molecular weight excluding hydrogens is 342 g/mol. The van der Waals surface area contributed by atoms with Crippen LogP contribution in [-0.4, -0.2) is 9.97 Å². The van der Waals surface area contributed by atoms with Gasteiger partial charge in [0.25, 0.3) is 0 Å². The topological polar surface area (TPSA) is 25.8 Å². The van der Waals surface area contributed by atoms with Gasteiger partial charge in [-0.15, -0.1) is 0 Å². The summed E-state index contributed by atoms with van der Waals surface area (Å²) in [7, 11) is 0. The van der Waals surface area contributed by atoms with E-state index >= 15 is 0 Å². The van der Waals surface area contributed by atoms with Crippen molar-refractivity contribution in [3.8, 4) is 22.5 Å². The SMILES string of the molecule is CCCCc1cnc(-c2ccc(-c3ccc(CCC)cc3)c(F)c2F)nc1. The smallest absolute Gasteiger partial charge is 0.170 e. The first kappa shape index (κ1) is 19.2. The third-order valence-corrected chi connectivity index (χ3v) is 4.65. The number of hydrogen-bond acceptors (Lipinski definition) is 2. The second-order valence-corrected chi connectivity index (χ2v) is 6.75. The second-order valence-electron chi connectivity index (χ2n) is 6.75. The molecule has 1 aromatic heterocycles. The van der Waals surface area contributed by atoms with Crippen molar-refractivity contribution in [2.75, 3.05) is 0 Å². The predicted octanol–water partition coefficient (Wildman–Crippen LogP) is 6.38. The highest BCUT2D eigenvalue weighted by Gasteiger charge is 2.17. The average Bonchev–Trinajstić information content (AvgIpc) is 2.70. The van der Waals surface area contributed by atoms with Crippen LogP contribution in [-0.2, 0) is 12.8 Å². The zero-order chi connectivity index (χ0) is 19.2. The third-order valence-electron chi connectivity index (χ3n) is 4.65. The highest BCUT2D eigenvalue weighted by Crippen LogP contribution is 2.30. The van der Waals surface area contributed by atoms with Gasteiger partial charge in [-0.2, -0.15) is 0 Å². The number of nitrogens with zero attached hydrogens (tertiary/aromatic N) is 2. The Morgan fingerprint density at radius 2 is 1.33 bits per heavy atom. The Morgan fingerprint density at radius 1 is 0.704 bits per heavy atom. The minimum absolute atomic E-state index is 0.0842. The van der Waals surface area contributed by atoms with Crippen LogP contribution in [0.3, 0.4) is 0 Å². The van der Waals surface area contributed by atoms with Crippen LogP contribution >= 0.6 is 0 Å². The van der Waals surface area contributed by atoms with Crippen molar-refractivity contribution in [1.29, 1.82) is 0 Å². The fraction of sp³-hybridized carbons (Fsp3) is 0.304. The van der Waals surface area contributed by atoms with Crippen LogP contribution in [0.5, 0.6) is 0 Å². The highest BCUT2D eigenvalue weighted by atomic mass is 19.2. The van der Waals surface area contributed by atoms with E-state index in [0.717, 1.165) is 37.7 Å². The van der Waals surface area contributed by atoms with Crippen LogP contribution in [0.25, 0.3) is 22.5 Å². The summed E-state index contributed by atoms with van der Waals surface area (Å²) in [5.41, 5.74) is 3.19. The first-order valence-electron chi connectivity index (χ1n) is 9.52. The van der Waals surface area contributed by atoms with Crippen molar-refractivity contribution in [3.05, 3.63) is 71.6 Å². The molecule has 0 radical (unpaired) electrons. The summed E-state index contributed by atoms with van der Waals surface area (Å²) < 4.78 is 29.4. The Balaban J connectivity index is 1.88. The van der Waals surface area contributed by atoms with Crippen LogP contribution in [0.15, 0.2) is 48.8 Å².